The SMILES string of the molecule is CNc1cccc2ccnc(N(C)CC(=O)O)c12. The molecule has 18 heavy (non-hydrogen) atoms. The van der Waals surface area contributed by atoms with Crippen molar-refractivity contribution >= 4 is 28.2 Å². The average molecular weight is 245 g/mol. The summed E-state index contributed by atoms with van der Waals surface area (Å²) in [5, 5.41) is 13.9. The van der Waals surface area contributed by atoms with Gasteiger partial charge in [0.15, 0.2) is 0 Å². The number of fused-ring (bicyclic) bond motifs is 1. The number of aliphatic carboxylic acids is 1. The van der Waals surface area contributed by atoms with Crippen molar-refractivity contribution in [3.63, 3.8) is 0 Å². The fraction of sp³-hybridized carbons (Fsp3) is 0.231. The van der Waals surface area contributed by atoms with E-state index in [1.807, 2.05) is 31.3 Å². The maximum Gasteiger partial charge on any atom is 0.323 e. The van der Waals surface area contributed by atoms with Crippen LogP contribution < -0.4 is 10.2 Å². The summed E-state index contributed by atoms with van der Waals surface area (Å²) in [5.74, 6) is -0.210. The van der Waals surface area contributed by atoms with Gasteiger partial charge < -0.3 is 15.3 Å². The van der Waals surface area contributed by atoms with Crippen LogP contribution in [-0.2, 0) is 4.79 Å². The van der Waals surface area contributed by atoms with Crippen molar-refractivity contribution in [1.82, 2.24) is 4.98 Å². The summed E-state index contributed by atoms with van der Waals surface area (Å²) in [6.07, 6.45) is 1.69. The van der Waals surface area contributed by atoms with Crippen LogP contribution in [0.2, 0.25) is 0 Å². The third-order valence-electron chi connectivity index (χ3n) is 2.77. The number of carboxylic acids is 1. The van der Waals surface area contributed by atoms with E-state index in [4.69, 9.17) is 5.11 Å². The molecule has 0 aliphatic carbocycles. The lowest BCUT2D eigenvalue weighted by Crippen LogP contribution is -2.26. The van der Waals surface area contributed by atoms with E-state index in [1.54, 1.807) is 18.1 Å². The molecule has 5 nitrogen and oxygen atoms in total. The summed E-state index contributed by atoms with van der Waals surface area (Å²) in [5.41, 5.74) is 0.938. The number of carbonyl (C=O) groups is 1. The molecule has 94 valence electrons. The Morgan fingerprint density at radius 1 is 1.44 bits per heavy atom. The van der Waals surface area contributed by atoms with Crippen LogP contribution in [0.5, 0.6) is 0 Å². The molecule has 0 fully saturated rings. The van der Waals surface area contributed by atoms with Crippen LogP contribution in [-0.4, -0.2) is 36.7 Å². The van der Waals surface area contributed by atoms with Gasteiger partial charge in [0.25, 0.3) is 0 Å². The number of hydrogen-bond acceptors (Lipinski definition) is 4. The molecule has 0 radical (unpaired) electrons. The Balaban J connectivity index is 2.59. The molecule has 0 bridgehead atoms. The highest BCUT2D eigenvalue weighted by molar-refractivity contribution is 6.02. The van der Waals surface area contributed by atoms with Crippen LogP contribution in [0.3, 0.4) is 0 Å². The van der Waals surface area contributed by atoms with E-state index in [9.17, 15) is 4.79 Å². The van der Waals surface area contributed by atoms with E-state index in [1.165, 1.54) is 0 Å². The number of benzene rings is 1. The van der Waals surface area contributed by atoms with Gasteiger partial charge in [0.2, 0.25) is 0 Å². The van der Waals surface area contributed by atoms with Crippen molar-refractivity contribution in [2.24, 2.45) is 0 Å². The molecule has 5 heteroatoms. The van der Waals surface area contributed by atoms with Crippen molar-refractivity contribution in [3.05, 3.63) is 30.5 Å². The van der Waals surface area contributed by atoms with Gasteiger partial charge in [-0.25, -0.2) is 4.98 Å². The molecule has 2 rings (SSSR count). The number of anilines is 2. The molecule has 2 aromatic rings. The number of nitrogens with zero attached hydrogens (tertiary/aromatic N) is 2. The van der Waals surface area contributed by atoms with E-state index in [-0.39, 0.29) is 6.54 Å². The summed E-state index contributed by atoms with van der Waals surface area (Å²) in [7, 11) is 3.56. The second-order valence-corrected chi connectivity index (χ2v) is 4.04. The summed E-state index contributed by atoms with van der Waals surface area (Å²) in [6.45, 7) is -0.0792. The normalized spacial score (nSPS) is 10.3. The first-order valence-electron chi connectivity index (χ1n) is 5.62. The smallest absolute Gasteiger partial charge is 0.323 e. The molecule has 0 aliphatic heterocycles. The van der Waals surface area contributed by atoms with Gasteiger partial charge in [-0.2, -0.15) is 0 Å². The fourth-order valence-corrected chi connectivity index (χ4v) is 1.99. The highest BCUT2D eigenvalue weighted by Gasteiger charge is 2.12. The maximum absolute atomic E-state index is 10.8. The molecular formula is C13H15N3O2. The molecule has 1 aromatic heterocycles. The first-order valence-corrected chi connectivity index (χ1v) is 5.62. The van der Waals surface area contributed by atoms with Gasteiger partial charge >= 0.3 is 5.97 Å². The monoisotopic (exact) mass is 245 g/mol. The molecule has 0 unspecified atom stereocenters. The minimum Gasteiger partial charge on any atom is -0.480 e. The van der Waals surface area contributed by atoms with Crippen molar-refractivity contribution in [3.8, 4) is 0 Å². The largest absolute Gasteiger partial charge is 0.480 e. The molecule has 0 aliphatic rings. The Morgan fingerprint density at radius 2 is 2.22 bits per heavy atom. The predicted octanol–water partition coefficient (Wildman–Crippen LogP) is 1.80. The van der Waals surface area contributed by atoms with E-state index in [0.717, 1.165) is 16.5 Å². The lowest BCUT2D eigenvalue weighted by atomic mass is 10.1. The van der Waals surface area contributed by atoms with Gasteiger partial charge in [-0.3, -0.25) is 4.79 Å². The zero-order chi connectivity index (χ0) is 13.1. The molecule has 1 heterocycles. The molecule has 1 aromatic carbocycles. The van der Waals surface area contributed by atoms with Crippen LogP contribution in [0.1, 0.15) is 0 Å². The Hall–Kier alpha value is -2.30. The number of pyridine rings is 1. The quantitative estimate of drug-likeness (QED) is 0.859. The van der Waals surface area contributed by atoms with Crippen molar-refractivity contribution in [2.75, 3.05) is 30.9 Å². The minimum absolute atomic E-state index is 0.0792. The van der Waals surface area contributed by atoms with Gasteiger partial charge in [-0.05, 0) is 17.5 Å². The molecule has 2 N–H and O–H groups in total. The first-order chi connectivity index (χ1) is 8.63. The summed E-state index contributed by atoms with van der Waals surface area (Å²) >= 11 is 0. The van der Waals surface area contributed by atoms with Gasteiger partial charge in [0, 0.05) is 31.4 Å². The van der Waals surface area contributed by atoms with Gasteiger partial charge in [-0.15, -0.1) is 0 Å². The lowest BCUT2D eigenvalue weighted by molar-refractivity contribution is -0.135. The second-order valence-electron chi connectivity index (χ2n) is 4.04. The van der Waals surface area contributed by atoms with Gasteiger partial charge in [0.05, 0.1) is 0 Å². The first kappa shape index (κ1) is 12.2. The van der Waals surface area contributed by atoms with Crippen LogP contribution in [0.25, 0.3) is 10.8 Å². The zero-order valence-electron chi connectivity index (χ0n) is 10.3. The fourth-order valence-electron chi connectivity index (χ4n) is 1.99. The lowest BCUT2D eigenvalue weighted by Gasteiger charge is -2.19. The third-order valence-corrected chi connectivity index (χ3v) is 2.77. The van der Waals surface area contributed by atoms with Crippen molar-refractivity contribution < 1.29 is 9.90 Å². The number of hydrogen-bond donors (Lipinski definition) is 2. The molecule has 0 saturated carbocycles. The average Bonchev–Trinajstić information content (AvgIpc) is 2.36. The third kappa shape index (κ3) is 2.20. The number of rotatable bonds is 4. The van der Waals surface area contributed by atoms with E-state index < -0.39 is 5.97 Å². The Bertz CT molecular complexity index is 578. The topological polar surface area (TPSA) is 65.5 Å². The number of nitrogens with one attached hydrogen (secondary N) is 1. The molecule has 0 amide bonds. The standard InChI is InChI=1S/C13H15N3O2/c1-14-10-5-3-4-9-6-7-15-13(12(9)10)16(2)8-11(17)18/h3-7,14H,8H2,1-2H3,(H,17,18). The van der Waals surface area contributed by atoms with Crippen LogP contribution in [0.15, 0.2) is 30.5 Å². The predicted molar refractivity (Wildman–Crippen MR) is 72.2 cm³/mol. The van der Waals surface area contributed by atoms with Crippen LogP contribution in [0.4, 0.5) is 11.5 Å². The van der Waals surface area contributed by atoms with Gasteiger partial charge in [0.1, 0.15) is 12.4 Å². The maximum atomic E-state index is 10.8. The summed E-state index contributed by atoms with van der Waals surface area (Å²) < 4.78 is 0. The second kappa shape index (κ2) is 4.91. The Labute approximate surface area is 105 Å². The van der Waals surface area contributed by atoms with Gasteiger partial charge in [-0.1, -0.05) is 12.1 Å². The summed E-state index contributed by atoms with van der Waals surface area (Å²) in [4.78, 5) is 16.7. The molecule has 0 atom stereocenters. The van der Waals surface area contributed by atoms with E-state index >= 15 is 0 Å². The molecule has 0 spiro atoms. The minimum atomic E-state index is -0.877. The Morgan fingerprint density at radius 3 is 2.89 bits per heavy atom. The van der Waals surface area contributed by atoms with Crippen LogP contribution in [0, 0.1) is 0 Å². The van der Waals surface area contributed by atoms with Crippen molar-refractivity contribution in [2.45, 2.75) is 0 Å². The highest BCUT2D eigenvalue weighted by Crippen LogP contribution is 2.30. The highest BCUT2D eigenvalue weighted by atomic mass is 16.4. The summed E-state index contributed by atoms with van der Waals surface area (Å²) in [6, 6.07) is 7.79. The number of likely N-dealkylation sites (N-methyl/N-ethyl adjacent to an activating group) is 1. The van der Waals surface area contributed by atoms with Crippen molar-refractivity contribution in [1.29, 1.82) is 0 Å². The number of aromatic nitrogens is 1. The van der Waals surface area contributed by atoms with Crippen LogP contribution >= 0.6 is 0 Å². The van der Waals surface area contributed by atoms with E-state index in [2.05, 4.69) is 10.3 Å². The van der Waals surface area contributed by atoms with E-state index in [0.29, 0.717) is 5.82 Å². The number of carboxylic acid groups (broad SMARTS) is 1. The zero-order valence-corrected chi connectivity index (χ0v) is 10.3. The molecular weight excluding hydrogens is 230 g/mol. The molecule has 0 saturated heterocycles. The Kier molecular flexibility index (Phi) is 3.32.